The standard InChI is InChI=1S/C23H16ClNO5S/c1-13-4-2-3-5-15(13)12-25-21(26)20(31-23(25)29)11-16-7-9-19(30-16)14-6-8-17(22(27)28)18(24)10-14/h2-11H,12H2,1H3,(H,27,28)/b20-11-. The SMILES string of the molecule is Cc1ccccc1CN1C(=O)S/C(=C\c2ccc(-c3ccc(C(=O)O)c(Cl)c3)o2)C1=O. The zero-order valence-corrected chi connectivity index (χ0v) is 17.9. The second-order valence-corrected chi connectivity index (χ2v) is 8.30. The van der Waals surface area contributed by atoms with Gasteiger partial charge in [-0.3, -0.25) is 14.5 Å². The van der Waals surface area contributed by atoms with E-state index in [4.69, 9.17) is 21.1 Å². The Hall–Kier alpha value is -3.29. The molecular formula is C23H16ClNO5S. The minimum Gasteiger partial charge on any atom is -0.478 e. The molecule has 2 aromatic carbocycles. The molecule has 0 spiro atoms. The van der Waals surface area contributed by atoms with Gasteiger partial charge in [-0.1, -0.05) is 41.9 Å². The third-order valence-corrected chi connectivity index (χ3v) is 6.07. The lowest BCUT2D eigenvalue weighted by Gasteiger charge is -2.14. The number of rotatable bonds is 5. The minimum absolute atomic E-state index is 0.000441. The lowest BCUT2D eigenvalue weighted by molar-refractivity contribution is -0.123. The Balaban J connectivity index is 1.55. The van der Waals surface area contributed by atoms with Gasteiger partial charge in [0.1, 0.15) is 11.5 Å². The Morgan fingerprint density at radius 1 is 1.16 bits per heavy atom. The normalized spacial score (nSPS) is 15.2. The molecule has 8 heteroatoms. The summed E-state index contributed by atoms with van der Waals surface area (Å²) in [6.07, 6.45) is 1.53. The summed E-state index contributed by atoms with van der Waals surface area (Å²) in [6, 6.07) is 15.5. The molecule has 1 aliphatic heterocycles. The molecule has 4 rings (SSSR count). The third kappa shape index (κ3) is 4.28. The molecule has 2 heterocycles. The molecule has 0 atom stereocenters. The summed E-state index contributed by atoms with van der Waals surface area (Å²) < 4.78 is 5.77. The van der Waals surface area contributed by atoms with Crippen LogP contribution < -0.4 is 0 Å². The van der Waals surface area contributed by atoms with E-state index in [9.17, 15) is 14.4 Å². The Morgan fingerprint density at radius 2 is 1.94 bits per heavy atom. The number of aromatic carboxylic acids is 1. The number of amides is 2. The largest absolute Gasteiger partial charge is 0.478 e. The molecule has 1 fully saturated rings. The number of thioether (sulfide) groups is 1. The van der Waals surface area contributed by atoms with Gasteiger partial charge in [0, 0.05) is 11.6 Å². The topological polar surface area (TPSA) is 87.8 Å². The number of hydrogen-bond donors (Lipinski definition) is 1. The number of benzene rings is 2. The van der Waals surface area contributed by atoms with Crippen molar-refractivity contribution in [2.45, 2.75) is 13.5 Å². The number of hydrogen-bond acceptors (Lipinski definition) is 5. The first kappa shape index (κ1) is 21.0. The highest BCUT2D eigenvalue weighted by molar-refractivity contribution is 8.18. The number of halogens is 1. The van der Waals surface area contributed by atoms with Gasteiger partial charge in [-0.15, -0.1) is 0 Å². The van der Waals surface area contributed by atoms with Crippen molar-refractivity contribution in [2.75, 3.05) is 0 Å². The van der Waals surface area contributed by atoms with Crippen LogP contribution in [0.25, 0.3) is 17.4 Å². The summed E-state index contributed by atoms with van der Waals surface area (Å²) in [4.78, 5) is 37.7. The number of furan rings is 1. The van der Waals surface area contributed by atoms with Gasteiger partial charge >= 0.3 is 5.97 Å². The monoisotopic (exact) mass is 453 g/mol. The number of carbonyl (C=O) groups is 3. The number of carboxylic acid groups (broad SMARTS) is 1. The maximum atomic E-state index is 12.8. The van der Waals surface area contributed by atoms with Crippen molar-refractivity contribution in [3.05, 3.63) is 87.0 Å². The average Bonchev–Trinajstić information content (AvgIpc) is 3.29. The molecule has 0 saturated carbocycles. The molecule has 0 aliphatic carbocycles. The Labute approximate surface area is 187 Å². The van der Waals surface area contributed by atoms with Gasteiger partial charge in [0.25, 0.3) is 11.1 Å². The van der Waals surface area contributed by atoms with Crippen LogP contribution in [0.15, 0.2) is 63.9 Å². The van der Waals surface area contributed by atoms with Crippen molar-refractivity contribution < 1.29 is 23.9 Å². The van der Waals surface area contributed by atoms with Gasteiger partial charge in [-0.2, -0.15) is 0 Å². The molecule has 1 aliphatic rings. The van der Waals surface area contributed by atoms with Gasteiger partial charge in [0.2, 0.25) is 0 Å². The minimum atomic E-state index is -1.11. The van der Waals surface area contributed by atoms with Crippen molar-refractivity contribution in [3.63, 3.8) is 0 Å². The highest BCUT2D eigenvalue weighted by atomic mass is 35.5. The first-order valence-corrected chi connectivity index (χ1v) is 10.5. The van der Waals surface area contributed by atoms with Crippen molar-refractivity contribution in [2.24, 2.45) is 0 Å². The van der Waals surface area contributed by atoms with Crippen molar-refractivity contribution in [1.82, 2.24) is 4.90 Å². The zero-order chi connectivity index (χ0) is 22.1. The maximum absolute atomic E-state index is 12.8. The molecule has 6 nitrogen and oxygen atoms in total. The number of carboxylic acids is 1. The number of aryl methyl sites for hydroxylation is 1. The van der Waals surface area contributed by atoms with Crippen molar-refractivity contribution >= 4 is 46.6 Å². The summed E-state index contributed by atoms with van der Waals surface area (Å²) in [5.41, 5.74) is 2.52. The molecular weight excluding hydrogens is 438 g/mol. The quantitative estimate of drug-likeness (QED) is 0.488. The molecule has 0 bridgehead atoms. The van der Waals surface area contributed by atoms with Crippen LogP contribution in [0.3, 0.4) is 0 Å². The van der Waals surface area contributed by atoms with Gasteiger partial charge in [0.15, 0.2) is 0 Å². The molecule has 3 aromatic rings. The molecule has 31 heavy (non-hydrogen) atoms. The second-order valence-electron chi connectivity index (χ2n) is 6.90. The maximum Gasteiger partial charge on any atom is 0.337 e. The van der Waals surface area contributed by atoms with Gasteiger partial charge < -0.3 is 9.52 Å². The van der Waals surface area contributed by atoms with E-state index in [1.807, 2.05) is 31.2 Å². The fraction of sp³-hybridized carbons (Fsp3) is 0.0870. The van der Waals surface area contributed by atoms with Crippen LogP contribution in [0.2, 0.25) is 5.02 Å². The zero-order valence-electron chi connectivity index (χ0n) is 16.3. The average molecular weight is 454 g/mol. The molecule has 1 N–H and O–H groups in total. The lowest BCUT2D eigenvalue weighted by atomic mass is 10.1. The first-order valence-electron chi connectivity index (χ1n) is 9.26. The van der Waals surface area contributed by atoms with E-state index in [0.717, 1.165) is 22.9 Å². The van der Waals surface area contributed by atoms with E-state index in [1.54, 1.807) is 18.2 Å². The highest BCUT2D eigenvalue weighted by Crippen LogP contribution is 2.35. The lowest BCUT2D eigenvalue weighted by Crippen LogP contribution is -2.27. The summed E-state index contributed by atoms with van der Waals surface area (Å²) >= 11 is 6.89. The fourth-order valence-corrected chi connectivity index (χ4v) is 4.23. The van der Waals surface area contributed by atoms with Crippen LogP contribution in [-0.4, -0.2) is 27.1 Å². The van der Waals surface area contributed by atoms with Crippen LogP contribution in [0, 0.1) is 6.92 Å². The van der Waals surface area contributed by atoms with E-state index in [0.29, 0.717) is 17.1 Å². The van der Waals surface area contributed by atoms with E-state index < -0.39 is 5.97 Å². The molecule has 0 radical (unpaired) electrons. The Kier molecular flexibility index (Phi) is 5.71. The van der Waals surface area contributed by atoms with Gasteiger partial charge in [-0.05, 0) is 54.1 Å². The number of imide groups is 1. The van der Waals surface area contributed by atoms with Crippen LogP contribution in [0.1, 0.15) is 27.2 Å². The van der Waals surface area contributed by atoms with E-state index >= 15 is 0 Å². The third-order valence-electron chi connectivity index (χ3n) is 4.85. The van der Waals surface area contributed by atoms with Crippen molar-refractivity contribution in [1.29, 1.82) is 0 Å². The smallest absolute Gasteiger partial charge is 0.337 e. The second kappa shape index (κ2) is 8.45. The van der Waals surface area contributed by atoms with Gasteiger partial charge in [-0.25, -0.2) is 4.79 Å². The van der Waals surface area contributed by atoms with Crippen LogP contribution in [0.4, 0.5) is 4.79 Å². The number of carbonyl (C=O) groups excluding carboxylic acids is 2. The highest BCUT2D eigenvalue weighted by Gasteiger charge is 2.35. The molecule has 2 amide bonds. The molecule has 1 saturated heterocycles. The predicted octanol–water partition coefficient (Wildman–Crippen LogP) is 5.84. The Morgan fingerprint density at radius 3 is 2.65 bits per heavy atom. The predicted molar refractivity (Wildman–Crippen MR) is 119 cm³/mol. The van der Waals surface area contributed by atoms with Gasteiger partial charge in [0.05, 0.1) is 22.0 Å². The van der Waals surface area contributed by atoms with Crippen LogP contribution in [-0.2, 0) is 11.3 Å². The van der Waals surface area contributed by atoms with E-state index in [1.165, 1.54) is 23.1 Å². The fourth-order valence-electron chi connectivity index (χ4n) is 3.15. The summed E-state index contributed by atoms with van der Waals surface area (Å²) in [5, 5.41) is 8.85. The Bertz CT molecular complexity index is 1250. The van der Waals surface area contributed by atoms with Crippen molar-refractivity contribution in [3.8, 4) is 11.3 Å². The van der Waals surface area contributed by atoms with E-state index in [-0.39, 0.29) is 33.2 Å². The summed E-state index contributed by atoms with van der Waals surface area (Å²) in [6.45, 7) is 2.15. The van der Waals surface area contributed by atoms with E-state index in [2.05, 4.69) is 0 Å². The molecule has 1 aromatic heterocycles. The summed E-state index contributed by atoms with van der Waals surface area (Å²) in [7, 11) is 0. The first-order chi connectivity index (χ1) is 14.8. The number of nitrogens with zero attached hydrogens (tertiary/aromatic N) is 1. The molecule has 156 valence electrons. The summed E-state index contributed by atoms with van der Waals surface area (Å²) in [5.74, 6) is -0.623. The molecule has 0 unspecified atom stereocenters. The van der Waals surface area contributed by atoms with Crippen LogP contribution >= 0.6 is 23.4 Å². The van der Waals surface area contributed by atoms with Crippen LogP contribution in [0.5, 0.6) is 0 Å².